The molecule has 4 rings (SSSR count). The van der Waals surface area contributed by atoms with Crippen molar-refractivity contribution >= 4 is 39.4 Å². The molecule has 11 heteroatoms. The van der Waals surface area contributed by atoms with E-state index in [0.29, 0.717) is 12.2 Å². The predicted octanol–water partition coefficient (Wildman–Crippen LogP) is 4.90. The van der Waals surface area contributed by atoms with Gasteiger partial charge in [0.1, 0.15) is 0 Å². The maximum absolute atomic E-state index is 13.0. The van der Waals surface area contributed by atoms with Crippen LogP contribution < -0.4 is 10.6 Å². The van der Waals surface area contributed by atoms with Gasteiger partial charge in [0.15, 0.2) is 5.82 Å². The summed E-state index contributed by atoms with van der Waals surface area (Å²) < 4.78 is 40.7. The minimum absolute atomic E-state index is 0.236. The number of halogens is 3. The molecule has 0 saturated carbocycles. The fourth-order valence-electron chi connectivity index (χ4n) is 2.72. The summed E-state index contributed by atoms with van der Waals surface area (Å²) in [6.07, 6.45) is -4.08. The molecule has 4 aromatic rings. The Labute approximate surface area is 171 Å². The van der Waals surface area contributed by atoms with Crippen LogP contribution >= 0.6 is 22.7 Å². The van der Waals surface area contributed by atoms with Crippen LogP contribution in [0.3, 0.4) is 0 Å². The average molecular weight is 437 g/mol. The third-order valence-corrected chi connectivity index (χ3v) is 5.77. The molecule has 0 aliphatic carbocycles. The highest BCUT2D eigenvalue weighted by atomic mass is 32.1. The van der Waals surface area contributed by atoms with Crippen LogP contribution in [0.15, 0.2) is 47.2 Å². The van der Waals surface area contributed by atoms with E-state index in [1.54, 1.807) is 15.9 Å². The van der Waals surface area contributed by atoms with Crippen molar-refractivity contribution in [1.29, 1.82) is 0 Å². The standard InChI is InChI=1S/C18H14F3N5OS2/c19-18(20,21)12-4-1-2-5-13(12)23-16(27)22-8-7-11-10-29-17-24-15(25-26(11)17)14-6-3-9-28-14/h1-6,9-10H,7-8H2,(H2,22,23,27). The summed E-state index contributed by atoms with van der Waals surface area (Å²) in [5, 5.41) is 13.2. The molecule has 0 fully saturated rings. The number of nitrogens with one attached hydrogen (secondary N) is 2. The Morgan fingerprint density at radius 3 is 2.72 bits per heavy atom. The third-order valence-electron chi connectivity index (χ3n) is 4.04. The zero-order chi connectivity index (χ0) is 20.4. The number of benzene rings is 1. The van der Waals surface area contributed by atoms with Crippen molar-refractivity contribution in [1.82, 2.24) is 19.9 Å². The fourth-order valence-corrected chi connectivity index (χ4v) is 4.23. The van der Waals surface area contributed by atoms with Gasteiger partial charge in [-0.25, -0.2) is 9.31 Å². The van der Waals surface area contributed by atoms with Gasteiger partial charge in [0.25, 0.3) is 0 Å². The summed E-state index contributed by atoms with van der Waals surface area (Å²) in [7, 11) is 0. The number of thiazole rings is 1. The van der Waals surface area contributed by atoms with Crippen LogP contribution in [0.2, 0.25) is 0 Å². The fraction of sp³-hybridized carbons (Fsp3) is 0.167. The molecule has 0 atom stereocenters. The van der Waals surface area contributed by atoms with Crippen LogP contribution in [0.4, 0.5) is 23.7 Å². The van der Waals surface area contributed by atoms with Crippen molar-refractivity contribution in [2.24, 2.45) is 0 Å². The van der Waals surface area contributed by atoms with Crippen LogP contribution in [0.1, 0.15) is 11.3 Å². The van der Waals surface area contributed by atoms with Gasteiger partial charge < -0.3 is 10.6 Å². The second-order valence-electron chi connectivity index (χ2n) is 6.01. The maximum atomic E-state index is 13.0. The lowest BCUT2D eigenvalue weighted by atomic mass is 10.1. The second kappa shape index (κ2) is 7.84. The minimum atomic E-state index is -4.54. The molecular weight excluding hydrogens is 423 g/mol. The number of thiophene rings is 1. The van der Waals surface area contributed by atoms with Gasteiger partial charge in [-0.2, -0.15) is 18.2 Å². The zero-order valence-electron chi connectivity index (χ0n) is 14.7. The lowest BCUT2D eigenvalue weighted by Gasteiger charge is -2.13. The Hall–Kier alpha value is -2.92. The van der Waals surface area contributed by atoms with Crippen LogP contribution in [0, 0.1) is 0 Å². The molecule has 6 nitrogen and oxygen atoms in total. The molecule has 2 amide bonds. The van der Waals surface area contributed by atoms with E-state index < -0.39 is 17.8 Å². The van der Waals surface area contributed by atoms with Gasteiger partial charge in [-0.1, -0.05) is 18.2 Å². The molecule has 2 N–H and O–H groups in total. The number of alkyl halides is 3. The number of carbonyl (C=O) groups excluding carboxylic acids is 1. The largest absolute Gasteiger partial charge is 0.418 e. The molecule has 1 aromatic carbocycles. The van der Waals surface area contributed by atoms with E-state index in [0.717, 1.165) is 21.6 Å². The average Bonchev–Trinajstić information content (AvgIpc) is 3.39. The molecule has 3 heterocycles. The van der Waals surface area contributed by atoms with Gasteiger partial charge in [0, 0.05) is 18.3 Å². The van der Waals surface area contributed by atoms with Crippen molar-refractivity contribution in [2.45, 2.75) is 12.6 Å². The molecule has 0 bridgehead atoms. The number of anilines is 1. The van der Waals surface area contributed by atoms with Crippen molar-refractivity contribution in [3.05, 3.63) is 58.4 Å². The highest BCUT2D eigenvalue weighted by Gasteiger charge is 2.33. The summed E-state index contributed by atoms with van der Waals surface area (Å²) in [5.74, 6) is 0.641. The quantitative estimate of drug-likeness (QED) is 0.466. The molecule has 0 saturated heterocycles. The normalized spacial score (nSPS) is 11.7. The Morgan fingerprint density at radius 1 is 1.14 bits per heavy atom. The number of amides is 2. The highest BCUT2D eigenvalue weighted by Crippen LogP contribution is 2.34. The first-order valence-electron chi connectivity index (χ1n) is 8.50. The molecule has 0 aliphatic rings. The van der Waals surface area contributed by atoms with Crippen molar-refractivity contribution in [2.75, 3.05) is 11.9 Å². The summed E-state index contributed by atoms with van der Waals surface area (Å²) >= 11 is 2.99. The van der Waals surface area contributed by atoms with E-state index in [1.165, 1.54) is 29.5 Å². The Bertz CT molecular complexity index is 1130. The van der Waals surface area contributed by atoms with Crippen LogP contribution in [0.25, 0.3) is 15.7 Å². The number of rotatable bonds is 5. The van der Waals surface area contributed by atoms with Crippen LogP contribution in [-0.4, -0.2) is 27.2 Å². The van der Waals surface area contributed by atoms with E-state index in [4.69, 9.17) is 0 Å². The number of para-hydroxylation sites is 1. The second-order valence-corrected chi connectivity index (χ2v) is 7.79. The SMILES string of the molecule is O=C(NCCc1csc2nc(-c3cccs3)nn12)Nc1ccccc1C(F)(F)F. The first-order valence-corrected chi connectivity index (χ1v) is 10.3. The highest BCUT2D eigenvalue weighted by molar-refractivity contribution is 7.15. The number of urea groups is 1. The lowest BCUT2D eigenvalue weighted by molar-refractivity contribution is -0.136. The lowest BCUT2D eigenvalue weighted by Crippen LogP contribution is -2.31. The van der Waals surface area contributed by atoms with E-state index in [1.807, 2.05) is 22.9 Å². The Balaban J connectivity index is 1.38. The van der Waals surface area contributed by atoms with Crippen molar-refractivity contribution in [3.8, 4) is 10.7 Å². The van der Waals surface area contributed by atoms with Crippen molar-refractivity contribution in [3.63, 3.8) is 0 Å². The van der Waals surface area contributed by atoms with Crippen LogP contribution in [-0.2, 0) is 12.6 Å². The molecule has 0 unspecified atom stereocenters. The van der Waals surface area contributed by atoms with Crippen molar-refractivity contribution < 1.29 is 18.0 Å². The summed E-state index contributed by atoms with van der Waals surface area (Å²) in [6, 6.07) is 8.01. The summed E-state index contributed by atoms with van der Waals surface area (Å²) in [5.41, 5.74) is -0.318. The van der Waals surface area contributed by atoms with E-state index in [9.17, 15) is 18.0 Å². The molecule has 0 aliphatic heterocycles. The summed E-state index contributed by atoms with van der Waals surface area (Å²) in [4.78, 5) is 18.2. The van der Waals surface area contributed by atoms with Gasteiger partial charge in [-0.3, -0.25) is 0 Å². The third kappa shape index (κ3) is 4.25. The molecular formula is C18H14F3N5OS2. The number of hydrogen-bond donors (Lipinski definition) is 2. The number of nitrogens with zero attached hydrogens (tertiary/aromatic N) is 3. The first-order chi connectivity index (χ1) is 13.9. The van der Waals surface area contributed by atoms with Gasteiger partial charge in [0.05, 0.1) is 21.8 Å². The number of fused-ring (bicyclic) bond motifs is 1. The summed E-state index contributed by atoms with van der Waals surface area (Å²) in [6.45, 7) is 0.236. The van der Waals surface area contributed by atoms with Gasteiger partial charge in [-0.15, -0.1) is 27.8 Å². The minimum Gasteiger partial charge on any atom is -0.337 e. The molecule has 0 spiro atoms. The van der Waals surface area contributed by atoms with Crippen LogP contribution in [0.5, 0.6) is 0 Å². The van der Waals surface area contributed by atoms with E-state index in [2.05, 4.69) is 20.7 Å². The Kier molecular flexibility index (Phi) is 5.24. The molecule has 0 radical (unpaired) electrons. The number of aromatic nitrogens is 3. The van der Waals surface area contributed by atoms with E-state index in [-0.39, 0.29) is 12.2 Å². The predicted molar refractivity (Wildman–Crippen MR) is 106 cm³/mol. The topological polar surface area (TPSA) is 71.3 Å². The first kappa shape index (κ1) is 19.4. The van der Waals surface area contributed by atoms with Gasteiger partial charge >= 0.3 is 12.2 Å². The number of carbonyl (C=O) groups is 1. The number of hydrogen-bond acceptors (Lipinski definition) is 5. The van der Waals surface area contributed by atoms with E-state index >= 15 is 0 Å². The smallest absolute Gasteiger partial charge is 0.337 e. The van der Waals surface area contributed by atoms with Gasteiger partial charge in [0.2, 0.25) is 4.96 Å². The monoisotopic (exact) mass is 437 g/mol. The zero-order valence-corrected chi connectivity index (χ0v) is 16.4. The van der Waals surface area contributed by atoms with Gasteiger partial charge in [-0.05, 0) is 23.6 Å². The maximum Gasteiger partial charge on any atom is 0.418 e. The molecule has 150 valence electrons. The Morgan fingerprint density at radius 2 is 1.97 bits per heavy atom. The molecule has 3 aromatic heterocycles. The molecule has 29 heavy (non-hydrogen) atoms.